The van der Waals surface area contributed by atoms with Gasteiger partial charge in [-0.2, -0.15) is 0 Å². The second-order valence-corrected chi connectivity index (χ2v) is 4.06. The van der Waals surface area contributed by atoms with E-state index in [2.05, 4.69) is 0 Å². The number of carbonyl (C=O) groups excluding carboxylic acids is 1. The van der Waals surface area contributed by atoms with E-state index in [1.807, 2.05) is 13.8 Å². The summed E-state index contributed by atoms with van der Waals surface area (Å²) in [4.78, 5) is 10.0. The van der Waals surface area contributed by atoms with Crippen LogP contribution in [0.4, 0.5) is 0 Å². The van der Waals surface area contributed by atoms with Crippen molar-refractivity contribution in [1.82, 2.24) is 0 Å². The molecule has 0 rings (SSSR count). The van der Waals surface area contributed by atoms with Crippen LogP contribution in [0.3, 0.4) is 0 Å². The van der Waals surface area contributed by atoms with Crippen LogP contribution in [0.2, 0.25) is 0 Å². The molecule has 0 aromatic carbocycles. The summed E-state index contributed by atoms with van der Waals surface area (Å²) in [5, 5.41) is 29.8. The van der Waals surface area contributed by atoms with Crippen molar-refractivity contribution in [3.63, 3.8) is 0 Å². The Balaban J connectivity index is -0.000000251. The zero-order valence-corrected chi connectivity index (χ0v) is 13.4. The predicted molar refractivity (Wildman–Crippen MR) is 70.2 cm³/mol. The van der Waals surface area contributed by atoms with Crippen molar-refractivity contribution in [2.75, 3.05) is 6.61 Å². The zero-order chi connectivity index (χ0) is 13.8. The molecule has 0 bridgehead atoms. The fraction of sp³-hybridized carbons (Fsp3) is 0.769. The minimum absolute atomic E-state index is 0. The second-order valence-electron chi connectivity index (χ2n) is 4.06. The molecule has 0 radical (unpaired) electrons. The van der Waals surface area contributed by atoms with Gasteiger partial charge >= 0.3 is 23.1 Å². The van der Waals surface area contributed by atoms with Crippen LogP contribution in [0.25, 0.3) is 0 Å². The van der Waals surface area contributed by atoms with E-state index in [1.54, 1.807) is 0 Å². The third kappa shape index (κ3) is 15.9. The van der Waals surface area contributed by atoms with E-state index in [1.165, 1.54) is 19.9 Å². The molecule has 0 saturated carbocycles. The van der Waals surface area contributed by atoms with Gasteiger partial charge in [-0.1, -0.05) is 39.0 Å². The maximum Gasteiger partial charge on any atom is 2.00 e. The molecule has 0 aliphatic heterocycles. The molecule has 0 saturated heterocycles. The number of hydrogen-bond donors (Lipinski definition) is 1. The number of rotatable bonds is 6. The van der Waals surface area contributed by atoms with E-state index < -0.39 is 6.10 Å². The Kier molecular flexibility index (Phi) is 19.1. The molecular weight excluding hydrogens is 244 g/mol. The molecule has 0 aliphatic rings. The van der Waals surface area contributed by atoms with Crippen LogP contribution in [0.15, 0.2) is 11.8 Å². The number of carbonyl (C=O) groups is 1. The van der Waals surface area contributed by atoms with E-state index in [0.29, 0.717) is 6.42 Å². The minimum Gasteiger partial charge on any atom is -0.854 e. The smallest absolute Gasteiger partial charge is 0.854 e. The van der Waals surface area contributed by atoms with Crippen LogP contribution in [0.1, 0.15) is 47.0 Å². The van der Waals surface area contributed by atoms with Gasteiger partial charge in [-0.25, -0.2) is 0 Å². The third-order valence-corrected chi connectivity index (χ3v) is 2.25. The molecule has 0 spiro atoms. The Labute approximate surface area is 126 Å². The molecular formula is C13H24MgO4. The third-order valence-electron chi connectivity index (χ3n) is 2.25. The molecule has 4 nitrogen and oxygen atoms in total. The first kappa shape index (κ1) is 23.0. The standard InChI is InChI=1S/C8H16O2.C5H8O2.Mg/c1-3-5-8(10)7(4-2)6-9;1-4(6)3-5(2)7;/h7-8H,3-6H2,1-2H3;3,6H,1-2H3;/q-2;;+2. The molecule has 18 heavy (non-hydrogen) atoms. The topological polar surface area (TPSA) is 83.4 Å². The Hall–Kier alpha value is -0.104. The van der Waals surface area contributed by atoms with Gasteiger partial charge in [0.05, 0.1) is 5.76 Å². The van der Waals surface area contributed by atoms with Gasteiger partial charge in [-0.15, -0.1) is 12.7 Å². The summed E-state index contributed by atoms with van der Waals surface area (Å²) >= 11 is 0. The Morgan fingerprint density at radius 1 is 1.33 bits per heavy atom. The van der Waals surface area contributed by atoms with Gasteiger partial charge in [0.25, 0.3) is 0 Å². The summed E-state index contributed by atoms with van der Waals surface area (Å²) in [5.74, 6) is -0.201. The molecule has 0 heterocycles. The normalized spacial score (nSPS) is 13.8. The first-order valence-corrected chi connectivity index (χ1v) is 6.00. The fourth-order valence-electron chi connectivity index (χ4n) is 1.30. The molecule has 5 heteroatoms. The molecule has 0 aliphatic carbocycles. The van der Waals surface area contributed by atoms with Gasteiger partial charge < -0.3 is 15.3 Å². The first-order chi connectivity index (χ1) is 7.88. The number of hydrogen-bond acceptors (Lipinski definition) is 4. The van der Waals surface area contributed by atoms with Crippen LogP contribution < -0.4 is 10.2 Å². The van der Waals surface area contributed by atoms with Crippen LogP contribution >= 0.6 is 0 Å². The molecule has 0 aromatic heterocycles. The fourth-order valence-corrected chi connectivity index (χ4v) is 1.30. The molecule has 102 valence electrons. The van der Waals surface area contributed by atoms with E-state index in [0.717, 1.165) is 12.8 Å². The van der Waals surface area contributed by atoms with Gasteiger partial charge in [0.1, 0.15) is 0 Å². The Morgan fingerprint density at radius 3 is 2.00 bits per heavy atom. The molecule has 0 fully saturated rings. The van der Waals surface area contributed by atoms with Crippen molar-refractivity contribution in [1.29, 1.82) is 0 Å². The van der Waals surface area contributed by atoms with E-state index in [9.17, 15) is 15.0 Å². The number of allylic oxidation sites excluding steroid dienone is 2. The molecule has 2 atom stereocenters. The van der Waals surface area contributed by atoms with E-state index >= 15 is 0 Å². The Morgan fingerprint density at radius 2 is 1.83 bits per heavy atom. The molecule has 0 aromatic rings. The van der Waals surface area contributed by atoms with Gasteiger partial charge in [-0.3, -0.25) is 4.79 Å². The van der Waals surface area contributed by atoms with Crippen molar-refractivity contribution in [2.45, 2.75) is 53.1 Å². The minimum atomic E-state index is -0.618. The first-order valence-electron chi connectivity index (χ1n) is 6.00. The van der Waals surface area contributed by atoms with Crippen molar-refractivity contribution in [2.24, 2.45) is 5.92 Å². The summed E-state index contributed by atoms with van der Waals surface area (Å²) in [6, 6.07) is 0. The molecule has 1 N–H and O–H groups in total. The summed E-state index contributed by atoms with van der Waals surface area (Å²) in [7, 11) is 0. The quantitative estimate of drug-likeness (QED) is 0.433. The van der Waals surface area contributed by atoms with Crippen LogP contribution in [0.5, 0.6) is 0 Å². The van der Waals surface area contributed by atoms with Crippen LogP contribution in [-0.4, -0.2) is 46.7 Å². The van der Waals surface area contributed by atoms with Crippen LogP contribution in [0, 0.1) is 5.92 Å². The average molecular weight is 269 g/mol. The molecule has 2 unspecified atom stereocenters. The maximum atomic E-state index is 11.1. The number of ketones is 1. The van der Waals surface area contributed by atoms with Crippen molar-refractivity contribution < 1.29 is 20.1 Å². The SMILES string of the molecule is CC(=O)C=C(C)O.CCCC([O-])C(CC)C[O-].[Mg+2]. The van der Waals surface area contributed by atoms with Gasteiger partial charge in [0, 0.05) is 6.08 Å². The van der Waals surface area contributed by atoms with Crippen molar-refractivity contribution >= 4 is 28.8 Å². The summed E-state index contributed by atoms with van der Waals surface area (Å²) in [5.41, 5.74) is 0. The maximum absolute atomic E-state index is 11.1. The van der Waals surface area contributed by atoms with Crippen LogP contribution in [-0.2, 0) is 4.79 Å². The van der Waals surface area contributed by atoms with Gasteiger partial charge in [-0.05, 0) is 13.8 Å². The van der Waals surface area contributed by atoms with Gasteiger partial charge in [0.15, 0.2) is 5.78 Å². The summed E-state index contributed by atoms with van der Waals surface area (Å²) in [6.45, 7) is 6.53. The van der Waals surface area contributed by atoms with E-state index in [-0.39, 0.29) is 47.1 Å². The number of aliphatic hydroxyl groups excluding tert-OH is 1. The number of aliphatic hydroxyl groups is 1. The monoisotopic (exact) mass is 268 g/mol. The summed E-state index contributed by atoms with van der Waals surface area (Å²) < 4.78 is 0. The zero-order valence-electron chi connectivity index (χ0n) is 11.9. The summed E-state index contributed by atoms with van der Waals surface area (Å²) in [6.07, 6.45) is 2.83. The Bertz CT molecular complexity index is 221. The van der Waals surface area contributed by atoms with Crippen molar-refractivity contribution in [3.8, 4) is 0 Å². The van der Waals surface area contributed by atoms with Gasteiger partial charge in [0.2, 0.25) is 0 Å². The molecule has 0 amide bonds. The second kappa shape index (κ2) is 15.0. The van der Waals surface area contributed by atoms with Crippen molar-refractivity contribution in [3.05, 3.63) is 11.8 Å². The van der Waals surface area contributed by atoms with E-state index in [4.69, 9.17) is 5.11 Å². The predicted octanol–water partition coefficient (Wildman–Crippen LogP) is 0.558. The average Bonchev–Trinajstić information content (AvgIpc) is 2.18. The largest absolute Gasteiger partial charge is 2.00 e.